The number of nitrogens with one attached hydrogen (secondary N) is 1. The number of nitrogen functional groups attached to an aromatic ring is 1. The van der Waals surface area contributed by atoms with E-state index < -0.39 is 0 Å². The Balaban J connectivity index is 2.42. The summed E-state index contributed by atoms with van der Waals surface area (Å²) in [6.45, 7) is 7.43. The van der Waals surface area contributed by atoms with Gasteiger partial charge in [0, 0.05) is 12.0 Å². The second-order valence-electron chi connectivity index (χ2n) is 5.17. The van der Waals surface area contributed by atoms with Crippen molar-refractivity contribution in [1.82, 2.24) is 9.97 Å². The molecule has 0 bridgehead atoms. The van der Waals surface area contributed by atoms with E-state index in [9.17, 15) is 4.39 Å². The van der Waals surface area contributed by atoms with E-state index in [2.05, 4.69) is 15.4 Å². The van der Waals surface area contributed by atoms with Gasteiger partial charge >= 0.3 is 0 Å². The summed E-state index contributed by atoms with van der Waals surface area (Å²) >= 11 is 0. The number of hydrogen-bond donors (Lipinski definition) is 2. The highest BCUT2D eigenvalue weighted by Gasteiger charge is 2.14. The summed E-state index contributed by atoms with van der Waals surface area (Å²) in [6, 6.07) is 4.69. The van der Waals surface area contributed by atoms with Crippen molar-refractivity contribution in [1.29, 1.82) is 0 Å². The fourth-order valence-electron chi connectivity index (χ4n) is 1.76. The van der Waals surface area contributed by atoms with Crippen LogP contribution in [0.1, 0.15) is 36.7 Å². The van der Waals surface area contributed by atoms with Crippen molar-refractivity contribution in [2.75, 3.05) is 5.43 Å². The van der Waals surface area contributed by atoms with Crippen molar-refractivity contribution in [3.8, 4) is 11.6 Å². The minimum atomic E-state index is -0.319. The monoisotopic (exact) mass is 290 g/mol. The largest absolute Gasteiger partial charge is 0.438 e. The molecule has 2 rings (SSSR count). The van der Waals surface area contributed by atoms with Crippen molar-refractivity contribution in [2.45, 2.75) is 33.6 Å². The number of aromatic nitrogens is 2. The van der Waals surface area contributed by atoms with Crippen LogP contribution in [-0.2, 0) is 0 Å². The Morgan fingerprint density at radius 2 is 1.95 bits per heavy atom. The highest BCUT2D eigenvalue weighted by molar-refractivity contribution is 5.49. The van der Waals surface area contributed by atoms with Crippen LogP contribution >= 0.6 is 0 Å². The van der Waals surface area contributed by atoms with Crippen LogP contribution in [0, 0.1) is 19.7 Å². The summed E-state index contributed by atoms with van der Waals surface area (Å²) in [5.41, 5.74) is 3.77. The molecule has 2 aromatic rings. The Labute approximate surface area is 123 Å². The number of aryl methyl sites for hydroxylation is 1. The maximum absolute atomic E-state index is 13.6. The zero-order valence-corrected chi connectivity index (χ0v) is 12.6. The molecule has 1 heterocycles. The standard InChI is InChI=1S/C15H19FN4O/c1-8(2)13-18-14(20-17)10(4)15(19-13)21-11-6-5-9(3)12(16)7-11/h5-8H,17H2,1-4H3,(H,18,19,20). The molecule has 1 aromatic carbocycles. The molecule has 0 unspecified atom stereocenters. The molecule has 0 fully saturated rings. The van der Waals surface area contributed by atoms with E-state index in [4.69, 9.17) is 10.6 Å². The first kappa shape index (κ1) is 15.2. The van der Waals surface area contributed by atoms with E-state index in [1.807, 2.05) is 13.8 Å². The predicted molar refractivity (Wildman–Crippen MR) is 79.9 cm³/mol. The number of hydrazine groups is 1. The van der Waals surface area contributed by atoms with Crippen molar-refractivity contribution in [3.05, 3.63) is 41.0 Å². The van der Waals surface area contributed by atoms with Crippen molar-refractivity contribution in [2.24, 2.45) is 5.84 Å². The van der Waals surface area contributed by atoms with E-state index in [-0.39, 0.29) is 11.7 Å². The predicted octanol–water partition coefficient (Wildman–Crippen LogP) is 3.43. The number of nitrogens with two attached hydrogens (primary N) is 1. The molecule has 1 aromatic heterocycles. The number of benzene rings is 1. The Kier molecular flexibility index (Phi) is 4.37. The summed E-state index contributed by atoms with van der Waals surface area (Å²) in [5.74, 6) is 7.13. The molecular formula is C15H19FN4O. The molecule has 0 saturated carbocycles. The number of anilines is 1. The summed E-state index contributed by atoms with van der Waals surface area (Å²) < 4.78 is 19.3. The van der Waals surface area contributed by atoms with Crippen LogP contribution in [0.5, 0.6) is 11.6 Å². The van der Waals surface area contributed by atoms with Gasteiger partial charge < -0.3 is 10.2 Å². The molecule has 0 aliphatic heterocycles. The molecule has 0 amide bonds. The lowest BCUT2D eigenvalue weighted by molar-refractivity contribution is 0.448. The van der Waals surface area contributed by atoms with Gasteiger partial charge in [-0.15, -0.1) is 0 Å². The molecule has 6 heteroatoms. The van der Waals surface area contributed by atoms with Gasteiger partial charge in [-0.05, 0) is 25.5 Å². The van der Waals surface area contributed by atoms with Crippen LogP contribution in [-0.4, -0.2) is 9.97 Å². The third-order valence-corrected chi connectivity index (χ3v) is 3.13. The van der Waals surface area contributed by atoms with Crippen LogP contribution in [0.4, 0.5) is 10.2 Å². The lowest BCUT2D eigenvalue weighted by Crippen LogP contribution is -2.13. The van der Waals surface area contributed by atoms with E-state index in [1.54, 1.807) is 26.0 Å². The van der Waals surface area contributed by atoms with Gasteiger partial charge in [-0.3, -0.25) is 0 Å². The second-order valence-corrected chi connectivity index (χ2v) is 5.17. The lowest BCUT2D eigenvalue weighted by Gasteiger charge is -2.14. The average molecular weight is 290 g/mol. The molecule has 112 valence electrons. The van der Waals surface area contributed by atoms with Gasteiger partial charge in [0.1, 0.15) is 17.4 Å². The second kappa shape index (κ2) is 6.05. The number of ether oxygens (including phenoxy) is 1. The van der Waals surface area contributed by atoms with Crippen molar-refractivity contribution < 1.29 is 9.13 Å². The molecule has 0 spiro atoms. The van der Waals surface area contributed by atoms with Gasteiger partial charge in [0.25, 0.3) is 0 Å². The smallest absolute Gasteiger partial charge is 0.227 e. The Bertz CT molecular complexity index is 658. The van der Waals surface area contributed by atoms with E-state index in [0.717, 1.165) is 0 Å². The first-order chi connectivity index (χ1) is 9.92. The van der Waals surface area contributed by atoms with E-state index >= 15 is 0 Å². The SMILES string of the molecule is Cc1ccc(Oc2nc(C(C)C)nc(NN)c2C)cc1F. The number of nitrogens with zero attached hydrogens (tertiary/aromatic N) is 2. The van der Waals surface area contributed by atoms with E-state index in [0.29, 0.717) is 34.4 Å². The minimum Gasteiger partial charge on any atom is -0.438 e. The van der Waals surface area contributed by atoms with Gasteiger partial charge in [-0.2, -0.15) is 4.98 Å². The van der Waals surface area contributed by atoms with E-state index in [1.165, 1.54) is 6.07 Å². The average Bonchev–Trinajstić information content (AvgIpc) is 2.44. The summed E-state index contributed by atoms with van der Waals surface area (Å²) in [6.07, 6.45) is 0. The number of halogens is 1. The molecule has 0 radical (unpaired) electrons. The molecular weight excluding hydrogens is 271 g/mol. The first-order valence-corrected chi connectivity index (χ1v) is 6.71. The van der Waals surface area contributed by atoms with Crippen LogP contribution in [0.3, 0.4) is 0 Å². The fraction of sp³-hybridized carbons (Fsp3) is 0.333. The third kappa shape index (κ3) is 3.28. The number of hydrogen-bond acceptors (Lipinski definition) is 5. The van der Waals surface area contributed by atoms with Crippen LogP contribution in [0.25, 0.3) is 0 Å². The first-order valence-electron chi connectivity index (χ1n) is 6.71. The zero-order valence-electron chi connectivity index (χ0n) is 12.6. The summed E-state index contributed by atoms with van der Waals surface area (Å²) in [5, 5.41) is 0. The maximum Gasteiger partial charge on any atom is 0.227 e. The van der Waals surface area contributed by atoms with Gasteiger partial charge in [-0.25, -0.2) is 15.2 Å². The molecule has 0 atom stereocenters. The van der Waals surface area contributed by atoms with Crippen LogP contribution < -0.4 is 16.0 Å². The molecule has 0 aliphatic carbocycles. The van der Waals surface area contributed by atoms with Gasteiger partial charge in [0.05, 0.1) is 5.56 Å². The Morgan fingerprint density at radius 3 is 2.52 bits per heavy atom. The molecule has 3 N–H and O–H groups in total. The normalized spacial score (nSPS) is 10.8. The van der Waals surface area contributed by atoms with Gasteiger partial charge in [0.2, 0.25) is 5.88 Å². The molecule has 5 nitrogen and oxygen atoms in total. The maximum atomic E-state index is 13.6. The van der Waals surface area contributed by atoms with Crippen molar-refractivity contribution in [3.63, 3.8) is 0 Å². The molecule has 21 heavy (non-hydrogen) atoms. The lowest BCUT2D eigenvalue weighted by atomic mass is 10.2. The summed E-state index contributed by atoms with van der Waals surface area (Å²) in [7, 11) is 0. The highest BCUT2D eigenvalue weighted by atomic mass is 19.1. The quantitative estimate of drug-likeness (QED) is 0.666. The van der Waals surface area contributed by atoms with Crippen LogP contribution in [0.2, 0.25) is 0 Å². The van der Waals surface area contributed by atoms with Gasteiger partial charge in [0.15, 0.2) is 5.82 Å². The minimum absolute atomic E-state index is 0.120. The Morgan fingerprint density at radius 1 is 1.24 bits per heavy atom. The Hall–Kier alpha value is -2.21. The fourth-order valence-corrected chi connectivity index (χ4v) is 1.76. The van der Waals surface area contributed by atoms with Crippen molar-refractivity contribution >= 4 is 5.82 Å². The molecule has 0 aliphatic rings. The number of rotatable bonds is 4. The molecule has 0 saturated heterocycles. The third-order valence-electron chi connectivity index (χ3n) is 3.13. The van der Waals surface area contributed by atoms with Crippen LogP contribution in [0.15, 0.2) is 18.2 Å². The zero-order chi connectivity index (χ0) is 15.6. The van der Waals surface area contributed by atoms with Gasteiger partial charge in [-0.1, -0.05) is 19.9 Å². The topological polar surface area (TPSA) is 73.1 Å². The summed E-state index contributed by atoms with van der Waals surface area (Å²) in [4.78, 5) is 8.70. The highest BCUT2D eigenvalue weighted by Crippen LogP contribution is 2.29.